The number of aryl methyl sites for hydroxylation is 1. The molecule has 2 aromatic heterocycles. The average Bonchev–Trinajstić information content (AvgIpc) is 3.58. The van der Waals surface area contributed by atoms with Crippen molar-refractivity contribution in [1.82, 2.24) is 24.1 Å². The van der Waals surface area contributed by atoms with Gasteiger partial charge in [0.15, 0.2) is 23.0 Å². The van der Waals surface area contributed by atoms with Crippen molar-refractivity contribution in [3.8, 4) is 17.0 Å². The topological polar surface area (TPSA) is 87.4 Å². The van der Waals surface area contributed by atoms with Gasteiger partial charge in [-0.15, -0.1) is 0 Å². The number of phenols is 1. The lowest BCUT2D eigenvalue weighted by Crippen LogP contribution is -2.54. The van der Waals surface area contributed by atoms with Crippen LogP contribution in [0.1, 0.15) is 24.8 Å². The summed E-state index contributed by atoms with van der Waals surface area (Å²) in [7, 11) is 0.387. The molecule has 8 nitrogen and oxygen atoms in total. The van der Waals surface area contributed by atoms with E-state index in [4.69, 9.17) is 0 Å². The molecule has 1 N–H and O–H groups in total. The highest BCUT2D eigenvalue weighted by Gasteiger charge is 2.39. The van der Waals surface area contributed by atoms with E-state index in [-0.39, 0.29) is 28.8 Å². The Balaban J connectivity index is 1.56. The Morgan fingerprint density at radius 2 is 1.92 bits per heavy atom. The first-order chi connectivity index (χ1) is 17.0. The summed E-state index contributed by atoms with van der Waals surface area (Å²) in [6, 6.07) is 0.316. The predicted molar refractivity (Wildman–Crippen MR) is 122 cm³/mol. The Bertz CT molecular complexity index is 1360. The number of hydrogen-bond donors (Lipinski definition) is 1. The number of aromatic nitrogens is 4. The molecule has 3 heterocycles. The highest BCUT2D eigenvalue weighted by molar-refractivity contribution is 7.81. The lowest BCUT2D eigenvalue weighted by Gasteiger charge is -2.40. The quantitative estimate of drug-likeness (QED) is 0.508. The van der Waals surface area contributed by atoms with Gasteiger partial charge in [-0.25, -0.2) is 27.0 Å². The zero-order valence-corrected chi connectivity index (χ0v) is 20.2. The van der Waals surface area contributed by atoms with Gasteiger partial charge in [0.25, 0.3) is 0 Å². The zero-order valence-electron chi connectivity index (χ0n) is 19.4. The van der Waals surface area contributed by atoms with Gasteiger partial charge in [0.2, 0.25) is 5.95 Å². The van der Waals surface area contributed by atoms with E-state index in [0.717, 1.165) is 19.3 Å². The first kappa shape index (κ1) is 24.8. The number of aromatic hydroxyl groups is 1. The van der Waals surface area contributed by atoms with Gasteiger partial charge in [0.05, 0.1) is 21.9 Å². The van der Waals surface area contributed by atoms with Crippen molar-refractivity contribution in [3.63, 3.8) is 0 Å². The third kappa shape index (κ3) is 4.40. The minimum absolute atomic E-state index is 0.0288. The molecule has 3 aromatic rings. The average molecular weight is 531 g/mol. The number of fused-ring (bicyclic) bond motifs is 1. The first-order valence-electron chi connectivity index (χ1n) is 11.3. The maximum Gasteiger partial charge on any atom is 0.419 e. The van der Waals surface area contributed by atoms with E-state index in [9.17, 15) is 31.3 Å². The molecule has 0 bridgehead atoms. The summed E-state index contributed by atoms with van der Waals surface area (Å²) >= 11 is 0. The molecule has 1 saturated heterocycles. The van der Waals surface area contributed by atoms with Crippen LogP contribution in [0.2, 0.25) is 0 Å². The fraction of sp³-hybridized carbons (Fsp3) is 0.500. The molecule has 36 heavy (non-hydrogen) atoms. The second kappa shape index (κ2) is 8.91. The molecule has 1 aliphatic heterocycles. The third-order valence-corrected chi connectivity index (χ3v) is 7.73. The van der Waals surface area contributed by atoms with Crippen LogP contribution in [0.25, 0.3) is 22.3 Å². The molecule has 1 saturated carbocycles. The molecule has 1 aliphatic carbocycles. The van der Waals surface area contributed by atoms with E-state index < -0.39 is 45.7 Å². The molecule has 0 amide bonds. The lowest BCUT2D eigenvalue weighted by molar-refractivity contribution is -0.140. The summed E-state index contributed by atoms with van der Waals surface area (Å²) in [6.45, 7) is 1.66. The first-order valence-corrected chi connectivity index (χ1v) is 12.8. The van der Waals surface area contributed by atoms with Crippen molar-refractivity contribution in [2.24, 2.45) is 13.0 Å². The van der Waals surface area contributed by atoms with Gasteiger partial charge >= 0.3 is 6.18 Å². The Morgan fingerprint density at radius 1 is 1.19 bits per heavy atom. The molecule has 2 fully saturated rings. The monoisotopic (exact) mass is 530 g/mol. The third-order valence-electron chi connectivity index (χ3n) is 6.67. The van der Waals surface area contributed by atoms with Gasteiger partial charge in [-0.05, 0) is 18.4 Å². The van der Waals surface area contributed by atoms with Gasteiger partial charge in [-0.3, -0.25) is 0 Å². The predicted octanol–water partition coefficient (Wildman–Crippen LogP) is 3.62. The summed E-state index contributed by atoms with van der Waals surface area (Å²) in [5, 5.41) is 14.0. The summed E-state index contributed by atoms with van der Waals surface area (Å²) in [5.41, 5.74) is -2.54. The molecule has 14 heteroatoms. The van der Waals surface area contributed by atoms with Crippen LogP contribution in [-0.4, -0.2) is 65.3 Å². The van der Waals surface area contributed by atoms with E-state index in [1.165, 1.54) is 17.9 Å². The summed E-state index contributed by atoms with van der Waals surface area (Å²) in [4.78, 5) is 11.0. The minimum Gasteiger partial charge on any atom is -0.503 e. The molecule has 1 unspecified atom stereocenters. The number of benzene rings is 1. The van der Waals surface area contributed by atoms with Crippen LogP contribution in [0.15, 0.2) is 12.3 Å². The standard InChI is InChI=1S/C22H23F5N6O2S/c1-31-20-14(18(30-31)13-8-15(22(25,26)27)17(24)19(34)16(13)23)9-28-21(29-20)33-6-5-32(36(2)35)10-12(33)7-11-3-4-11/h8-9,11-12,34H,3-7,10H2,1-2H3/t12-,36?/m0/s1. The highest BCUT2D eigenvalue weighted by Crippen LogP contribution is 2.42. The normalized spacial score (nSPS) is 20.3. The van der Waals surface area contributed by atoms with E-state index in [1.54, 1.807) is 6.26 Å². The fourth-order valence-corrected chi connectivity index (χ4v) is 5.35. The van der Waals surface area contributed by atoms with Gasteiger partial charge in [-0.2, -0.15) is 23.3 Å². The summed E-state index contributed by atoms with van der Waals surface area (Å²) in [6.07, 6.45) is 0.998. The van der Waals surface area contributed by atoms with Crippen molar-refractivity contribution in [1.29, 1.82) is 0 Å². The number of nitrogens with zero attached hydrogens (tertiary/aromatic N) is 6. The number of rotatable bonds is 5. The van der Waals surface area contributed by atoms with Crippen LogP contribution in [0, 0.1) is 17.6 Å². The minimum atomic E-state index is -5.15. The molecule has 1 aromatic carbocycles. The van der Waals surface area contributed by atoms with Gasteiger partial charge in [0.1, 0.15) is 5.69 Å². The summed E-state index contributed by atoms with van der Waals surface area (Å²) < 4.78 is 83.8. The molecule has 0 radical (unpaired) electrons. The van der Waals surface area contributed by atoms with E-state index >= 15 is 0 Å². The summed E-state index contributed by atoms with van der Waals surface area (Å²) in [5.74, 6) is -4.41. The molecule has 2 aliphatic rings. The Labute approximate surface area is 205 Å². The number of phenolic OH excluding ortho intramolecular Hbond substituents is 1. The van der Waals surface area contributed by atoms with Crippen LogP contribution in [0.4, 0.5) is 27.9 Å². The number of hydrogen-bond acceptors (Lipinski definition) is 6. The number of anilines is 1. The second-order valence-electron chi connectivity index (χ2n) is 9.16. The van der Waals surface area contributed by atoms with Crippen LogP contribution in [0.3, 0.4) is 0 Å². The Morgan fingerprint density at radius 3 is 2.56 bits per heavy atom. The maximum atomic E-state index is 14.7. The van der Waals surface area contributed by atoms with Crippen molar-refractivity contribution in [3.05, 3.63) is 29.5 Å². The number of halogens is 5. The van der Waals surface area contributed by atoms with E-state index in [2.05, 4.69) is 15.1 Å². The lowest BCUT2D eigenvalue weighted by atomic mass is 10.0. The maximum absolute atomic E-state index is 14.7. The van der Waals surface area contributed by atoms with Crippen LogP contribution in [-0.2, 0) is 24.2 Å². The van der Waals surface area contributed by atoms with Gasteiger partial charge in [-0.1, -0.05) is 12.8 Å². The highest BCUT2D eigenvalue weighted by atomic mass is 32.2. The van der Waals surface area contributed by atoms with Crippen molar-refractivity contribution >= 4 is 28.0 Å². The smallest absolute Gasteiger partial charge is 0.419 e. The number of alkyl halides is 3. The van der Waals surface area contributed by atoms with Crippen LogP contribution in [0.5, 0.6) is 5.75 Å². The second-order valence-corrected chi connectivity index (χ2v) is 10.5. The van der Waals surface area contributed by atoms with Crippen molar-refractivity contribution < 1.29 is 31.3 Å². The molecule has 0 spiro atoms. The van der Waals surface area contributed by atoms with Crippen LogP contribution < -0.4 is 4.90 Å². The fourth-order valence-electron chi connectivity index (χ4n) is 4.63. The van der Waals surface area contributed by atoms with E-state index in [1.807, 2.05) is 9.21 Å². The largest absolute Gasteiger partial charge is 0.503 e. The van der Waals surface area contributed by atoms with Gasteiger partial charge < -0.3 is 10.0 Å². The molecule has 5 rings (SSSR count). The molecular formula is C22H23F5N6O2S. The Kier molecular flexibility index (Phi) is 6.14. The van der Waals surface area contributed by atoms with E-state index in [0.29, 0.717) is 31.5 Å². The van der Waals surface area contributed by atoms with Gasteiger partial charge in [0, 0.05) is 50.7 Å². The van der Waals surface area contributed by atoms with Crippen molar-refractivity contribution in [2.75, 3.05) is 30.8 Å². The zero-order chi connectivity index (χ0) is 25.9. The molecule has 2 atom stereocenters. The van der Waals surface area contributed by atoms with Crippen molar-refractivity contribution in [2.45, 2.75) is 31.5 Å². The number of piperazine rings is 1. The molecular weight excluding hydrogens is 507 g/mol. The SMILES string of the molecule is Cn1nc(-c2cc(C(F)(F)F)c(F)c(O)c2F)c2cnc(N3CCN(S(C)=O)C[C@@H]3CC3CC3)nc21. The van der Waals surface area contributed by atoms with Crippen LogP contribution >= 0.6 is 0 Å². The molecule has 194 valence electrons. The Hall–Kier alpha value is -2.87.